The van der Waals surface area contributed by atoms with E-state index in [1.54, 1.807) is 22.9 Å². The molecule has 2 aromatic carbocycles. The lowest BCUT2D eigenvalue weighted by molar-refractivity contribution is -0.124. The number of carbonyl (C=O) groups excluding carboxylic acids is 3. The Morgan fingerprint density at radius 1 is 1.05 bits per heavy atom. The molecule has 3 aromatic rings. The zero-order chi connectivity index (χ0) is 30.6. The number of methoxy groups -OCH3 is 1. The standard InChI is InChI=1S/C33H39N5O6/c1-37-31(26-9-3-4-10-27(26)36-37)33(41)38-14-12-29-28(19-38)35-30(39)11-6-13-34-32(40)22-16-24(42-2)18-25(17-22)44-23-8-5-7-21(15-23)20-43-29/h5,7-8,15-18,28-29H,3-4,6,9-14,19-20H2,1-2H3,(H,34,40)(H,35,39)/t28-,29-/m0/s1. The van der Waals surface area contributed by atoms with Crippen molar-refractivity contribution in [2.24, 2.45) is 7.05 Å². The van der Waals surface area contributed by atoms with Gasteiger partial charge < -0.3 is 29.7 Å². The van der Waals surface area contributed by atoms with Crippen LogP contribution in [0.4, 0.5) is 0 Å². The van der Waals surface area contributed by atoms with E-state index in [-0.39, 0.29) is 36.3 Å². The second-order valence-corrected chi connectivity index (χ2v) is 11.7. The van der Waals surface area contributed by atoms with Crippen LogP contribution in [0.5, 0.6) is 17.2 Å². The van der Waals surface area contributed by atoms with E-state index in [4.69, 9.17) is 14.2 Å². The molecule has 1 aromatic heterocycles. The van der Waals surface area contributed by atoms with Crippen LogP contribution in [0.25, 0.3) is 0 Å². The fourth-order valence-electron chi connectivity index (χ4n) is 6.30. The number of likely N-dealkylation sites (tertiary alicyclic amines) is 1. The second kappa shape index (κ2) is 13.1. The van der Waals surface area contributed by atoms with Crippen molar-refractivity contribution < 1.29 is 28.6 Å². The predicted octanol–water partition coefficient (Wildman–Crippen LogP) is 3.54. The number of aromatic nitrogens is 2. The van der Waals surface area contributed by atoms with Gasteiger partial charge in [-0.1, -0.05) is 12.1 Å². The van der Waals surface area contributed by atoms with E-state index in [9.17, 15) is 14.4 Å². The van der Waals surface area contributed by atoms with E-state index in [2.05, 4.69) is 15.7 Å². The summed E-state index contributed by atoms with van der Waals surface area (Å²) in [6.07, 6.45) is 4.88. The maximum absolute atomic E-state index is 13.8. The zero-order valence-electron chi connectivity index (χ0n) is 25.3. The molecule has 11 nitrogen and oxygen atoms in total. The average Bonchev–Trinajstić information content (AvgIpc) is 3.37. The topological polar surface area (TPSA) is 124 Å². The number of hydrogen-bond acceptors (Lipinski definition) is 7. The maximum Gasteiger partial charge on any atom is 0.272 e. The Morgan fingerprint density at radius 3 is 2.77 bits per heavy atom. The van der Waals surface area contributed by atoms with E-state index in [0.717, 1.165) is 42.5 Å². The fraction of sp³-hybridized carbons (Fsp3) is 0.455. The quantitative estimate of drug-likeness (QED) is 0.461. The van der Waals surface area contributed by atoms with Crippen molar-refractivity contribution in [2.45, 2.75) is 63.7 Å². The molecule has 0 spiro atoms. The highest BCUT2D eigenvalue weighted by atomic mass is 16.5. The molecule has 2 N–H and O–H groups in total. The number of carbonyl (C=O) groups is 3. The number of piperidine rings is 1. The molecule has 3 amide bonds. The second-order valence-electron chi connectivity index (χ2n) is 11.7. The minimum Gasteiger partial charge on any atom is -0.497 e. The molecule has 2 aliphatic heterocycles. The lowest BCUT2D eigenvalue weighted by Crippen LogP contribution is -2.57. The van der Waals surface area contributed by atoms with Crippen molar-refractivity contribution in [3.05, 3.63) is 70.5 Å². The molecule has 1 aliphatic carbocycles. The van der Waals surface area contributed by atoms with Gasteiger partial charge in [0.2, 0.25) is 5.91 Å². The number of fused-ring (bicyclic) bond motifs is 6. The summed E-state index contributed by atoms with van der Waals surface area (Å²) < 4.78 is 19.6. The summed E-state index contributed by atoms with van der Waals surface area (Å²) in [5.74, 6) is 1.08. The summed E-state index contributed by atoms with van der Waals surface area (Å²) in [4.78, 5) is 41.6. The number of benzene rings is 2. The summed E-state index contributed by atoms with van der Waals surface area (Å²) in [6, 6.07) is 12.2. The Kier molecular flexibility index (Phi) is 8.83. The third kappa shape index (κ3) is 6.57. The van der Waals surface area contributed by atoms with E-state index in [0.29, 0.717) is 67.6 Å². The molecule has 3 heterocycles. The summed E-state index contributed by atoms with van der Waals surface area (Å²) in [5, 5.41) is 10.7. The Bertz CT molecular complexity index is 1550. The van der Waals surface area contributed by atoms with Crippen molar-refractivity contribution in [1.82, 2.24) is 25.3 Å². The largest absolute Gasteiger partial charge is 0.497 e. The van der Waals surface area contributed by atoms with E-state index >= 15 is 0 Å². The van der Waals surface area contributed by atoms with Gasteiger partial charge in [-0.05, 0) is 68.4 Å². The van der Waals surface area contributed by atoms with Gasteiger partial charge >= 0.3 is 0 Å². The van der Waals surface area contributed by atoms with Gasteiger partial charge in [0.1, 0.15) is 22.9 Å². The van der Waals surface area contributed by atoms with Crippen LogP contribution in [0, 0.1) is 0 Å². The summed E-state index contributed by atoms with van der Waals surface area (Å²) in [7, 11) is 3.37. The lowest BCUT2D eigenvalue weighted by Gasteiger charge is -2.39. The molecule has 0 radical (unpaired) electrons. The maximum atomic E-state index is 13.8. The Labute approximate surface area is 256 Å². The number of rotatable bonds is 2. The molecule has 1 fully saturated rings. The number of hydrogen-bond donors (Lipinski definition) is 2. The number of ether oxygens (including phenoxy) is 3. The molecule has 3 aliphatic rings. The van der Waals surface area contributed by atoms with E-state index in [1.165, 1.54) is 7.11 Å². The average molecular weight is 602 g/mol. The van der Waals surface area contributed by atoms with Crippen molar-refractivity contribution >= 4 is 17.7 Å². The van der Waals surface area contributed by atoms with Crippen LogP contribution >= 0.6 is 0 Å². The third-order valence-electron chi connectivity index (χ3n) is 8.55. The van der Waals surface area contributed by atoms with E-state index in [1.807, 2.05) is 36.2 Å². The minimum atomic E-state index is -0.385. The van der Waals surface area contributed by atoms with Crippen molar-refractivity contribution in [3.63, 3.8) is 0 Å². The molecular weight excluding hydrogens is 562 g/mol. The molecule has 4 bridgehead atoms. The molecule has 2 atom stereocenters. The Balaban J connectivity index is 1.22. The molecule has 1 saturated heterocycles. The highest BCUT2D eigenvalue weighted by Crippen LogP contribution is 2.29. The van der Waals surface area contributed by atoms with Crippen LogP contribution in [0.1, 0.15) is 69.8 Å². The van der Waals surface area contributed by atoms with Gasteiger partial charge in [0, 0.05) is 50.3 Å². The van der Waals surface area contributed by atoms with Crippen LogP contribution in [-0.4, -0.2) is 71.3 Å². The summed E-state index contributed by atoms with van der Waals surface area (Å²) in [6.45, 7) is 1.49. The highest BCUT2D eigenvalue weighted by Gasteiger charge is 2.36. The number of nitrogens with zero attached hydrogens (tertiary/aromatic N) is 3. The predicted molar refractivity (Wildman–Crippen MR) is 162 cm³/mol. The van der Waals surface area contributed by atoms with Crippen LogP contribution in [0.15, 0.2) is 42.5 Å². The van der Waals surface area contributed by atoms with Crippen LogP contribution in [0.2, 0.25) is 0 Å². The Hall–Kier alpha value is -4.38. The van der Waals surface area contributed by atoms with Crippen LogP contribution in [0.3, 0.4) is 0 Å². The molecule has 44 heavy (non-hydrogen) atoms. The van der Waals surface area contributed by atoms with Gasteiger partial charge in [0.05, 0.1) is 31.6 Å². The highest BCUT2D eigenvalue weighted by molar-refractivity contribution is 5.95. The molecule has 0 saturated carbocycles. The molecular formula is C33H39N5O6. The molecule has 0 unspecified atom stereocenters. The van der Waals surface area contributed by atoms with Gasteiger partial charge in [0.15, 0.2) is 0 Å². The first-order valence-corrected chi connectivity index (χ1v) is 15.4. The SMILES string of the molecule is COc1cc2cc(c1)C(=O)NCCCC(=O)N[C@H]1CN(C(=O)c3c4c(nn3C)CCCC4)CC[C@@H]1OCc1cccc(c1)O2. The van der Waals surface area contributed by atoms with Crippen molar-refractivity contribution in [3.8, 4) is 17.2 Å². The van der Waals surface area contributed by atoms with Crippen LogP contribution < -0.4 is 20.1 Å². The Morgan fingerprint density at radius 2 is 1.91 bits per heavy atom. The minimum absolute atomic E-state index is 0.0530. The summed E-state index contributed by atoms with van der Waals surface area (Å²) in [5.41, 5.74) is 4.03. The zero-order valence-corrected chi connectivity index (χ0v) is 25.3. The van der Waals surface area contributed by atoms with Gasteiger partial charge in [0.25, 0.3) is 11.8 Å². The van der Waals surface area contributed by atoms with E-state index < -0.39 is 0 Å². The normalized spacial score (nSPS) is 21.0. The van der Waals surface area contributed by atoms with Gasteiger partial charge in [-0.3, -0.25) is 19.1 Å². The molecule has 11 heteroatoms. The smallest absolute Gasteiger partial charge is 0.272 e. The molecule has 232 valence electrons. The van der Waals surface area contributed by atoms with Crippen LogP contribution in [-0.2, 0) is 36.0 Å². The monoisotopic (exact) mass is 601 g/mol. The van der Waals surface area contributed by atoms with Gasteiger partial charge in [-0.2, -0.15) is 5.10 Å². The first kappa shape index (κ1) is 29.7. The number of nitrogens with one attached hydrogen (secondary N) is 2. The fourth-order valence-corrected chi connectivity index (χ4v) is 6.30. The van der Waals surface area contributed by atoms with Crippen molar-refractivity contribution in [2.75, 3.05) is 26.7 Å². The number of aryl methyl sites for hydroxylation is 2. The van der Waals surface area contributed by atoms with Gasteiger partial charge in [-0.25, -0.2) is 0 Å². The first-order chi connectivity index (χ1) is 21.4. The number of amides is 3. The summed E-state index contributed by atoms with van der Waals surface area (Å²) >= 11 is 0. The van der Waals surface area contributed by atoms with Crippen molar-refractivity contribution in [1.29, 1.82) is 0 Å². The third-order valence-corrected chi connectivity index (χ3v) is 8.55. The molecule has 6 rings (SSSR count). The first-order valence-electron chi connectivity index (χ1n) is 15.4. The lowest BCUT2D eigenvalue weighted by atomic mass is 9.94. The van der Waals surface area contributed by atoms with Gasteiger partial charge in [-0.15, -0.1) is 0 Å².